The first kappa shape index (κ1) is 20.2. The summed E-state index contributed by atoms with van der Waals surface area (Å²) in [4.78, 5) is 41.8. The summed E-state index contributed by atoms with van der Waals surface area (Å²) >= 11 is 0. The molecular formula is C21H35N3O3. The van der Waals surface area contributed by atoms with E-state index in [2.05, 4.69) is 39.9 Å². The van der Waals surface area contributed by atoms with Crippen molar-refractivity contribution in [1.82, 2.24) is 15.1 Å². The second kappa shape index (κ2) is 7.10. The Kier molecular flexibility index (Phi) is 5.30. The van der Waals surface area contributed by atoms with Crippen LogP contribution in [0.15, 0.2) is 0 Å². The van der Waals surface area contributed by atoms with Crippen molar-refractivity contribution in [1.29, 1.82) is 0 Å². The number of hydrogen-bond acceptors (Lipinski definition) is 3. The maximum atomic E-state index is 13.2. The highest BCUT2D eigenvalue weighted by atomic mass is 16.2. The van der Waals surface area contributed by atoms with E-state index in [0.717, 1.165) is 25.7 Å². The Morgan fingerprint density at radius 3 is 2.48 bits per heavy atom. The third-order valence-corrected chi connectivity index (χ3v) is 6.17. The van der Waals surface area contributed by atoms with Crippen LogP contribution in [0.2, 0.25) is 0 Å². The molecule has 27 heavy (non-hydrogen) atoms. The number of rotatable bonds is 6. The lowest BCUT2D eigenvalue weighted by molar-refractivity contribution is -0.141. The lowest BCUT2D eigenvalue weighted by Gasteiger charge is -2.43. The fraction of sp³-hybridized carbons (Fsp3) is 0.857. The summed E-state index contributed by atoms with van der Waals surface area (Å²) in [5.41, 5.74) is -0.835. The summed E-state index contributed by atoms with van der Waals surface area (Å²) in [5, 5.41) is 2.96. The highest BCUT2D eigenvalue weighted by Crippen LogP contribution is 2.46. The van der Waals surface area contributed by atoms with E-state index in [1.54, 1.807) is 0 Å². The van der Waals surface area contributed by atoms with Crippen molar-refractivity contribution in [3.63, 3.8) is 0 Å². The molecule has 0 bridgehead atoms. The van der Waals surface area contributed by atoms with Crippen LogP contribution in [0.1, 0.15) is 73.1 Å². The zero-order valence-corrected chi connectivity index (χ0v) is 17.5. The highest BCUT2D eigenvalue weighted by molar-refractivity contribution is 6.09. The van der Waals surface area contributed by atoms with E-state index < -0.39 is 11.6 Å². The average Bonchev–Trinajstić information content (AvgIpc) is 3.31. The summed E-state index contributed by atoms with van der Waals surface area (Å²) in [6, 6.07) is -0.113. The molecule has 0 radical (unpaired) electrons. The molecule has 2 atom stereocenters. The molecule has 2 saturated carbocycles. The first-order chi connectivity index (χ1) is 12.5. The molecule has 1 heterocycles. The third-order valence-electron chi connectivity index (χ3n) is 6.17. The number of imide groups is 1. The van der Waals surface area contributed by atoms with Gasteiger partial charge in [-0.1, -0.05) is 34.6 Å². The first-order valence-corrected chi connectivity index (χ1v) is 10.5. The number of amides is 4. The topological polar surface area (TPSA) is 69.7 Å². The van der Waals surface area contributed by atoms with Crippen molar-refractivity contribution >= 4 is 17.8 Å². The van der Waals surface area contributed by atoms with Crippen molar-refractivity contribution in [2.75, 3.05) is 13.1 Å². The van der Waals surface area contributed by atoms with Crippen molar-refractivity contribution in [2.24, 2.45) is 17.3 Å². The van der Waals surface area contributed by atoms with Gasteiger partial charge in [-0.3, -0.25) is 14.5 Å². The van der Waals surface area contributed by atoms with Crippen LogP contribution in [0.25, 0.3) is 0 Å². The van der Waals surface area contributed by atoms with E-state index >= 15 is 0 Å². The molecule has 2 aliphatic carbocycles. The van der Waals surface area contributed by atoms with Crippen molar-refractivity contribution in [3.05, 3.63) is 0 Å². The Balaban J connectivity index is 1.70. The molecule has 0 aromatic rings. The first-order valence-electron chi connectivity index (χ1n) is 10.5. The van der Waals surface area contributed by atoms with Crippen molar-refractivity contribution < 1.29 is 14.4 Å². The minimum absolute atomic E-state index is 0.00205. The summed E-state index contributed by atoms with van der Waals surface area (Å²) < 4.78 is 0. The molecule has 1 saturated heterocycles. The van der Waals surface area contributed by atoms with E-state index in [0.29, 0.717) is 37.3 Å². The molecule has 3 aliphatic rings. The number of carbonyl (C=O) groups is 3. The minimum Gasteiger partial charge on any atom is -0.338 e. The molecule has 6 nitrogen and oxygen atoms in total. The quantitative estimate of drug-likeness (QED) is 0.723. The molecule has 6 heteroatoms. The van der Waals surface area contributed by atoms with Gasteiger partial charge in [0, 0.05) is 12.6 Å². The largest absolute Gasteiger partial charge is 0.338 e. The maximum absolute atomic E-state index is 13.2. The smallest absolute Gasteiger partial charge is 0.325 e. The summed E-state index contributed by atoms with van der Waals surface area (Å²) in [6.07, 6.45) is 5.34. The number of carbonyl (C=O) groups excluding carboxylic acids is 3. The van der Waals surface area contributed by atoms with Gasteiger partial charge < -0.3 is 10.2 Å². The zero-order valence-electron chi connectivity index (χ0n) is 17.5. The van der Waals surface area contributed by atoms with Crippen LogP contribution in [0.3, 0.4) is 0 Å². The fourth-order valence-corrected chi connectivity index (χ4v) is 5.17. The summed E-state index contributed by atoms with van der Waals surface area (Å²) in [6.45, 7) is 11.3. The molecule has 3 rings (SSSR count). The Hall–Kier alpha value is -1.59. The monoisotopic (exact) mass is 377 g/mol. The van der Waals surface area contributed by atoms with Gasteiger partial charge in [-0.05, 0) is 55.8 Å². The van der Waals surface area contributed by atoms with Gasteiger partial charge in [-0.15, -0.1) is 0 Å². The lowest BCUT2D eigenvalue weighted by atomic mass is 9.64. The maximum Gasteiger partial charge on any atom is 0.325 e. The Morgan fingerprint density at radius 1 is 1.26 bits per heavy atom. The molecule has 3 fully saturated rings. The van der Waals surface area contributed by atoms with E-state index in [4.69, 9.17) is 0 Å². The Morgan fingerprint density at radius 2 is 1.93 bits per heavy atom. The van der Waals surface area contributed by atoms with Gasteiger partial charge in [0.1, 0.15) is 12.1 Å². The predicted molar refractivity (Wildman–Crippen MR) is 104 cm³/mol. The molecule has 2 unspecified atom stereocenters. The lowest BCUT2D eigenvalue weighted by Crippen LogP contribution is -2.54. The van der Waals surface area contributed by atoms with Gasteiger partial charge in [0.2, 0.25) is 5.91 Å². The fourth-order valence-electron chi connectivity index (χ4n) is 5.17. The van der Waals surface area contributed by atoms with Gasteiger partial charge in [0.05, 0.1) is 0 Å². The molecule has 0 aromatic carbocycles. The number of urea groups is 1. The molecular weight excluding hydrogens is 342 g/mol. The normalized spacial score (nSPS) is 30.1. The van der Waals surface area contributed by atoms with E-state index in [-0.39, 0.29) is 23.8 Å². The van der Waals surface area contributed by atoms with Crippen molar-refractivity contribution in [3.8, 4) is 0 Å². The Bertz CT molecular complexity index is 626. The van der Waals surface area contributed by atoms with Gasteiger partial charge in [0.15, 0.2) is 0 Å². The predicted octanol–water partition coefficient (Wildman–Crippen LogP) is 3.16. The third kappa shape index (κ3) is 4.30. The average molecular weight is 378 g/mol. The highest BCUT2D eigenvalue weighted by Gasteiger charge is 2.56. The van der Waals surface area contributed by atoms with Crippen LogP contribution in [-0.4, -0.2) is 52.3 Å². The van der Waals surface area contributed by atoms with Gasteiger partial charge in [0.25, 0.3) is 5.91 Å². The SMILES string of the molecule is CC(C)CCN(C(=O)CN1C(=O)NC2(CC(C)CC(C)(C)C2)C1=O)C1CC1. The molecule has 1 N–H and O–H groups in total. The van der Waals surface area contributed by atoms with Gasteiger partial charge >= 0.3 is 6.03 Å². The number of nitrogens with zero attached hydrogens (tertiary/aromatic N) is 2. The van der Waals surface area contributed by atoms with Crippen LogP contribution in [0.5, 0.6) is 0 Å². The molecule has 152 valence electrons. The number of nitrogens with one attached hydrogen (secondary N) is 1. The van der Waals surface area contributed by atoms with Crippen LogP contribution >= 0.6 is 0 Å². The summed E-state index contributed by atoms with van der Waals surface area (Å²) in [5.74, 6) is 0.578. The van der Waals surface area contributed by atoms with Crippen molar-refractivity contribution in [2.45, 2.75) is 84.7 Å². The van der Waals surface area contributed by atoms with Gasteiger partial charge in [-0.25, -0.2) is 4.79 Å². The van der Waals surface area contributed by atoms with E-state index in [1.807, 2.05) is 4.90 Å². The minimum atomic E-state index is -0.832. The van der Waals surface area contributed by atoms with E-state index in [1.165, 1.54) is 4.90 Å². The van der Waals surface area contributed by atoms with Crippen LogP contribution < -0.4 is 5.32 Å². The summed E-state index contributed by atoms with van der Waals surface area (Å²) in [7, 11) is 0. The Labute approximate surface area is 163 Å². The van der Waals surface area contributed by atoms with E-state index in [9.17, 15) is 14.4 Å². The van der Waals surface area contributed by atoms with Crippen LogP contribution in [0.4, 0.5) is 4.79 Å². The molecule has 1 spiro atoms. The standard InChI is InChI=1S/C21H35N3O3/c1-14(2)8-9-23(16-6-7-16)17(25)12-24-18(26)21(22-19(24)27)11-15(3)10-20(4,5)13-21/h14-16H,6-13H2,1-5H3,(H,22,27). The molecule has 0 aromatic heterocycles. The second-order valence-corrected chi connectivity index (χ2v) is 10.3. The van der Waals surface area contributed by atoms with Crippen LogP contribution in [0, 0.1) is 17.3 Å². The second-order valence-electron chi connectivity index (χ2n) is 10.3. The molecule has 4 amide bonds. The zero-order chi connectivity index (χ0) is 20.0. The van der Waals surface area contributed by atoms with Crippen LogP contribution in [-0.2, 0) is 9.59 Å². The van der Waals surface area contributed by atoms with Gasteiger partial charge in [-0.2, -0.15) is 0 Å². The molecule has 1 aliphatic heterocycles. The number of hydrogen-bond donors (Lipinski definition) is 1.